The largest absolute Gasteiger partial charge is 0.397 e. The second-order valence-corrected chi connectivity index (χ2v) is 3.93. The SMILES string of the molecule is Nc1ccsc1-c1nc(CC(F)(F)F)no1. The Morgan fingerprint density at radius 2 is 2.19 bits per heavy atom. The van der Waals surface area contributed by atoms with Crippen LogP contribution >= 0.6 is 11.3 Å². The highest BCUT2D eigenvalue weighted by Crippen LogP contribution is 2.30. The third-order valence-electron chi connectivity index (χ3n) is 1.72. The number of thiophene rings is 1. The summed E-state index contributed by atoms with van der Waals surface area (Å²) in [5.41, 5.74) is 5.98. The number of rotatable bonds is 2. The first-order chi connectivity index (χ1) is 7.46. The number of aromatic nitrogens is 2. The van der Waals surface area contributed by atoms with Crippen molar-refractivity contribution in [2.45, 2.75) is 12.6 Å². The normalized spacial score (nSPS) is 11.9. The van der Waals surface area contributed by atoms with E-state index in [0.717, 1.165) is 0 Å². The lowest BCUT2D eigenvalue weighted by atomic mass is 10.4. The van der Waals surface area contributed by atoms with Crippen molar-refractivity contribution >= 4 is 17.0 Å². The van der Waals surface area contributed by atoms with Gasteiger partial charge in [0.1, 0.15) is 11.3 Å². The van der Waals surface area contributed by atoms with Crippen LogP contribution in [-0.2, 0) is 6.42 Å². The first-order valence-electron chi connectivity index (χ1n) is 4.18. The second kappa shape index (κ2) is 3.78. The molecule has 0 radical (unpaired) electrons. The Balaban J connectivity index is 2.24. The minimum Gasteiger partial charge on any atom is -0.397 e. The summed E-state index contributed by atoms with van der Waals surface area (Å²) in [4.78, 5) is 4.12. The van der Waals surface area contributed by atoms with Gasteiger partial charge in [0.05, 0.1) is 5.69 Å². The van der Waals surface area contributed by atoms with Crippen LogP contribution < -0.4 is 5.73 Å². The van der Waals surface area contributed by atoms with E-state index in [-0.39, 0.29) is 5.89 Å². The maximum atomic E-state index is 12.0. The van der Waals surface area contributed by atoms with Gasteiger partial charge >= 0.3 is 6.18 Å². The molecule has 0 aliphatic carbocycles. The molecule has 0 saturated carbocycles. The van der Waals surface area contributed by atoms with E-state index in [1.54, 1.807) is 11.4 Å². The Morgan fingerprint density at radius 3 is 2.75 bits per heavy atom. The fraction of sp³-hybridized carbons (Fsp3) is 0.250. The number of nitrogens with zero attached hydrogens (tertiary/aromatic N) is 2. The number of halogens is 3. The average molecular weight is 249 g/mol. The molecule has 0 aliphatic heterocycles. The Hall–Kier alpha value is -1.57. The molecule has 8 heteroatoms. The van der Waals surface area contributed by atoms with E-state index in [1.165, 1.54) is 11.3 Å². The summed E-state index contributed by atoms with van der Waals surface area (Å²) in [6.45, 7) is 0. The van der Waals surface area contributed by atoms with Crippen LogP contribution in [0.3, 0.4) is 0 Å². The molecular weight excluding hydrogens is 243 g/mol. The molecule has 0 fully saturated rings. The third kappa shape index (κ3) is 2.32. The van der Waals surface area contributed by atoms with Gasteiger partial charge in [-0.05, 0) is 11.4 Å². The number of nitrogen functional groups attached to an aromatic ring is 1. The zero-order valence-electron chi connectivity index (χ0n) is 7.78. The van der Waals surface area contributed by atoms with Crippen LogP contribution in [0.1, 0.15) is 5.82 Å². The number of nitrogens with two attached hydrogens (primary N) is 1. The molecule has 0 bridgehead atoms. The van der Waals surface area contributed by atoms with Crippen molar-refractivity contribution in [2.75, 3.05) is 5.73 Å². The van der Waals surface area contributed by atoms with Crippen LogP contribution in [-0.4, -0.2) is 16.3 Å². The lowest BCUT2D eigenvalue weighted by molar-refractivity contribution is -0.128. The zero-order valence-corrected chi connectivity index (χ0v) is 8.60. The van der Waals surface area contributed by atoms with Gasteiger partial charge in [-0.25, -0.2) is 0 Å². The quantitative estimate of drug-likeness (QED) is 0.888. The van der Waals surface area contributed by atoms with Gasteiger partial charge in [-0.15, -0.1) is 11.3 Å². The van der Waals surface area contributed by atoms with E-state index >= 15 is 0 Å². The lowest BCUT2D eigenvalue weighted by Gasteiger charge is -1.99. The fourth-order valence-electron chi connectivity index (χ4n) is 1.09. The average Bonchev–Trinajstić information content (AvgIpc) is 2.71. The van der Waals surface area contributed by atoms with Crippen molar-refractivity contribution in [3.63, 3.8) is 0 Å². The summed E-state index contributed by atoms with van der Waals surface area (Å²) in [5.74, 6) is -0.373. The fourth-order valence-corrected chi connectivity index (χ4v) is 1.83. The Labute approximate surface area is 91.9 Å². The molecule has 86 valence electrons. The first-order valence-corrected chi connectivity index (χ1v) is 5.06. The maximum absolute atomic E-state index is 12.0. The highest BCUT2D eigenvalue weighted by molar-refractivity contribution is 7.14. The van der Waals surface area contributed by atoms with E-state index in [1.807, 2.05) is 0 Å². The van der Waals surface area contributed by atoms with Gasteiger partial charge in [-0.2, -0.15) is 18.2 Å². The molecule has 0 saturated heterocycles. The van der Waals surface area contributed by atoms with Crippen molar-refractivity contribution in [1.29, 1.82) is 0 Å². The predicted molar refractivity (Wildman–Crippen MR) is 51.8 cm³/mol. The summed E-state index contributed by atoms with van der Waals surface area (Å²) in [6, 6.07) is 1.62. The van der Waals surface area contributed by atoms with Gasteiger partial charge in [0.25, 0.3) is 5.89 Å². The Kier molecular flexibility index (Phi) is 2.58. The predicted octanol–water partition coefficient (Wildman–Crippen LogP) is 2.49. The molecule has 2 heterocycles. The van der Waals surface area contributed by atoms with Crippen molar-refractivity contribution in [2.24, 2.45) is 0 Å². The molecule has 0 atom stereocenters. The molecule has 0 aliphatic rings. The number of hydrogen-bond donors (Lipinski definition) is 1. The van der Waals surface area contributed by atoms with Gasteiger partial charge < -0.3 is 10.3 Å². The Morgan fingerprint density at radius 1 is 1.44 bits per heavy atom. The van der Waals surface area contributed by atoms with Crippen LogP contribution in [0, 0.1) is 0 Å². The van der Waals surface area contributed by atoms with E-state index in [9.17, 15) is 13.2 Å². The maximum Gasteiger partial charge on any atom is 0.396 e. The van der Waals surface area contributed by atoms with E-state index in [4.69, 9.17) is 10.3 Å². The van der Waals surface area contributed by atoms with E-state index < -0.39 is 18.4 Å². The minimum absolute atomic E-state index is 0.0201. The van der Waals surface area contributed by atoms with Crippen molar-refractivity contribution in [3.8, 4) is 10.8 Å². The first kappa shape index (κ1) is 10.9. The summed E-state index contributed by atoms with van der Waals surface area (Å²) >= 11 is 1.23. The van der Waals surface area contributed by atoms with E-state index in [0.29, 0.717) is 10.6 Å². The molecule has 0 amide bonds. The topological polar surface area (TPSA) is 64.9 Å². The third-order valence-corrected chi connectivity index (χ3v) is 2.63. The number of anilines is 1. The highest BCUT2D eigenvalue weighted by atomic mass is 32.1. The van der Waals surface area contributed by atoms with Crippen LogP contribution in [0.4, 0.5) is 18.9 Å². The van der Waals surface area contributed by atoms with Crippen LogP contribution in [0.25, 0.3) is 10.8 Å². The summed E-state index contributed by atoms with van der Waals surface area (Å²) in [5, 5.41) is 4.94. The molecule has 0 aromatic carbocycles. The molecule has 0 unspecified atom stereocenters. The molecular formula is C8H6F3N3OS. The standard InChI is InChI=1S/C8H6F3N3OS/c9-8(10,11)3-5-13-7(15-14-5)6-4(12)1-2-16-6/h1-2H,3,12H2. The molecule has 0 spiro atoms. The monoisotopic (exact) mass is 249 g/mol. The van der Waals surface area contributed by atoms with Crippen LogP contribution in [0.2, 0.25) is 0 Å². The number of alkyl halides is 3. The van der Waals surface area contributed by atoms with Gasteiger partial charge in [0, 0.05) is 0 Å². The second-order valence-electron chi connectivity index (χ2n) is 3.01. The minimum atomic E-state index is -4.35. The summed E-state index contributed by atoms with van der Waals surface area (Å²) < 4.78 is 40.8. The molecule has 2 aromatic heterocycles. The van der Waals surface area contributed by atoms with Crippen LogP contribution in [0.15, 0.2) is 16.0 Å². The van der Waals surface area contributed by atoms with Gasteiger partial charge in [-0.3, -0.25) is 0 Å². The van der Waals surface area contributed by atoms with Crippen molar-refractivity contribution in [3.05, 3.63) is 17.3 Å². The van der Waals surface area contributed by atoms with Gasteiger partial charge in [0.2, 0.25) is 0 Å². The molecule has 16 heavy (non-hydrogen) atoms. The lowest BCUT2D eigenvalue weighted by Crippen LogP contribution is -2.12. The Bertz CT molecular complexity index is 491. The summed E-state index contributed by atoms with van der Waals surface area (Å²) in [6.07, 6.45) is -5.55. The molecule has 2 aromatic rings. The van der Waals surface area contributed by atoms with E-state index in [2.05, 4.69) is 10.1 Å². The summed E-state index contributed by atoms with van der Waals surface area (Å²) in [7, 11) is 0. The van der Waals surface area contributed by atoms with Gasteiger partial charge in [-0.1, -0.05) is 5.16 Å². The zero-order chi connectivity index (χ0) is 11.8. The molecule has 2 N–H and O–H groups in total. The van der Waals surface area contributed by atoms with Gasteiger partial charge in [0.15, 0.2) is 5.82 Å². The number of hydrogen-bond acceptors (Lipinski definition) is 5. The molecule has 2 rings (SSSR count). The van der Waals surface area contributed by atoms with Crippen molar-refractivity contribution in [1.82, 2.24) is 10.1 Å². The van der Waals surface area contributed by atoms with Crippen LogP contribution in [0.5, 0.6) is 0 Å². The smallest absolute Gasteiger partial charge is 0.396 e. The molecule has 4 nitrogen and oxygen atoms in total. The van der Waals surface area contributed by atoms with Crippen molar-refractivity contribution < 1.29 is 17.7 Å². The highest BCUT2D eigenvalue weighted by Gasteiger charge is 2.30.